The van der Waals surface area contributed by atoms with Crippen LogP contribution >= 0.6 is 22.9 Å². The number of carbonyl (C=O) groups excluding carboxylic acids is 1. The topological polar surface area (TPSA) is 73.8 Å². The van der Waals surface area contributed by atoms with E-state index in [0.29, 0.717) is 35.4 Å². The highest BCUT2D eigenvalue weighted by Gasteiger charge is 2.26. The van der Waals surface area contributed by atoms with Crippen molar-refractivity contribution in [3.63, 3.8) is 0 Å². The van der Waals surface area contributed by atoms with Crippen LogP contribution in [0.5, 0.6) is 0 Å². The van der Waals surface area contributed by atoms with Gasteiger partial charge in [0.15, 0.2) is 5.13 Å². The molecule has 2 aromatic carbocycles. The molecule has 208 valence electrons. The van der Waals surface area contributed by atoms with Crippen molar-refractivity contribution in [1.82, 2.24) is 14.2 Å². The predicted octanol–water partition coefficient (Wildman–Crippen LogP) is 6.45. The van der Waals surface area contributed by atoms with Crippen molar-refractivity contribution in [2.75, 3.05) is 45.2 Å². The molecule has 1 aromatic heterocycles. The minimum Gasteiger partial charge on any atom is -0.309 e. The SMILES string of the molecule is CCCCN(CCCC)S(=O)(=O)c1ccc(C(=O)N(CCCN(C)C)c2nc3c(C)cc(Cl)cc3s2)cc1. The molecule has 0 saturated carbocycles. The quantitative estimate of drug-likeness (QED) is 0.220. The minimum absolute atomic E-state index is 0.204. The van der Waals surface area contributed by atoms with Crippen molar-refractivity contribution >= 4 is 54.2 Å². The first-order chi connectivity index (χ1) is 18.1. The second-order valence-electron chi connectivity index (χ2n) is 9.82. The molecule has 0 atom stereocenters. The molecule has 0 spiro atoms. The van der Waals surface area contributed by atoms with Crippen LogP contribution in [0.25, 0.3) is 10.2 Å². The summed E-state index contributed by atoms with van der Waals surface area (Å²) in [4.78, 5) is 22.5. The zero-order valence-corrected chi connectivity index (χ0v) is 25.4. The zero-order valence-electron chi connectivity index (χ0n) is 23.0. The number of fused-ring (bicyclic) bond motifs is 1. The molecule has 3 rings (SSSR count). The number of unbranched alkanes of at least 4 members (excludes halogenated alkanes) is 2. The Morgan fingerprint density at radius 3 is 2.16 bits per heavy atom. The Morgan fingerprint density at radius 2 is 1.58 bits per heavy atom. The summed E-state index contributed by atoms with van der Waals surface area (Å²) in [6, 6.07) is 10.1. The lowest BCUT2D eigenvalue weighted by Gasteiger charge is -2.23. The van der Waals surface area contributed by atoms with Crippen molar-refractivity contribution in [3.05, 3.63) is 52.5 Å². The van der Waals surface area contributed by atoms with Crippen LogP contribution in [-0.2, 0) is 10.0 Å². The maximum atomic E-state index is 13.7. The van der Waals surface area contributed by atoms with Gasteiger partial charge in [0.2, 0.25) is 10.0 Å². The number of aryl methyl sites for hydroxylation is 1. The monoisotopic (exact) mass is 578 g/mol. The van der Waals surface area contributed by atoms with Crippen molar-refractivity contribution in [3.8, 4) is 0 Å². The molecule has 7 nitrogen and oxygen atoms in total. The molecule has 1 amide bonds. The van der Waals surface area contributed by atoms with E-state index in [1.54, 1.807) is 33.5 Å². The van der Waals surface area contributed by atoms with Crippen LogP contribution < -0.4 is 4.90 Å². The number of rotatable bonds is 14. The molecular formula is C28H39ClN4O3S2. The Bertz CT molecular complexity index is 1320. The average Bonchev–Trinajstić information content (AvgIpc) is 3.30. The van der Waals surface area contributed by atoms with E-state index in [2.05, 4.69) is 18.7 Å². The van der Waals surface area contributed by atoms with Gasteiger partial charge in [-0.05, 0) is 88.8 Å². The largest absolute Gasteiger partial charge is 0.309 e. The zero-order chi connectivity index (χ0) is 27.9. The van der Waals surface area contributed by atoms with Gasteiger partial charge in [0.1, 0.15) is 0 Å². The normalized spacial score (nSPS) is 12.1. The van der Waals surface area contributed by atoms with Crippen LogP contribution in [0, 0.1) is 6.92 Å². The number of thiazole rings is 1. The maximum Gasteiger partial charge on any atom is 0.260 e. The summed E-state index contributed by atoms with van der Waals surface area (Å²) in [6.45, 7) is 8.38. The number of sulfonamides is 1. The summed E-state index contributed by atoms with van der Waals surface area (Å²) in [7, 11) is 0.367. The maximum absolute atomic E-state index is 13.7. The minimum atomic E-state index is -3.63. The number of benzene rings is 2. The molecule has 0 aliphatic heterocycles. The van der Waals surface area contributed by atoms with Gasteiger partial charge in [-0.15, -0.1) is 0 Å². The molecule has 0 saturated heterocycles. The lowest BCUT2D eigenvalue weighted by Crippen LogP contribution is -2.34. The number of hydrogen-bond donors (Lipinski definition) is 0. The number of amides is 1. The van der Waals surface area contributed by atoms with Crippen molar-refractivity contribution in [1.29, 1.82) is 0 Å². The summed E-state index contributed by atoms with van der Waals surface area (Å²) in [5.41, 5.74) is 2.22. The van der Waals surface area contributed by atoms with Gasteiger partial charge < -0.3 is 4.90 Å². The van der Waals surface area contributed by atoms with Crippen molar-refractivity contribution in [2.45, 2.75) is 57.8 Å². The molecular weight excluding hydrogens is 540 g/mol. The summed E-state index contributed by atoms with van der Waals surface area (Å²) in [6.07, 6.45) is 4.24. The molecule has 0 N–H and O–H groups in total. The van der Waals surface area contributed by atoms with Crippen LogP contribution in [0.4, 0.5) is 5.13 Å². The second-order valence-corrected chi connectivity index (χ2v) is 13.2. The number of aromatic nitrogens is 1. The van der Waals surface area contributed by atoms with Gasteiger partial charge in [-0.3, -0.25) is 9.69 Å². The van der Waals surface area contributed by atoms with Gasteiger partial charge >= 0.3 is 0 Å². The first kappa shape index (κ1) is 30.5. The number of hydrogen-bond acceptors (Lipinski definition) is 6. The van der Waals surface area contributed by atoms with E-state index < -0.39 is 10.0 Å². The molecule has 0 aliphatic carbocycles. The molecule has 3 aromatic rings. The first-order valence-corrected chi connectivity index (χ1v) is 15.8. The standard InChI is InChI=1S/C28H39ClN4O3S2/c1-6-8-16-32(17-9-7-2)38(35,36)24-13-11-22(12-14-24)27(34)33(18-10-15-31(4)5)28-30-26-21(3)19-23(29)20-25(26)37-28/h11-14,19-20H,6-10,15-18H2,1-5H3. The fourth-order valence-corrected chi connectivity index (χ4v) is 7.14. The lowest BCUT2D eigenvalue weighted by atomic mass is 10.2. The summed E-state index contributed by atoms with van der Waals surface area (Å²) >= 11 is 7.70. The third-order valence-corrected chi connectivity index (χ3v) is 9.52. The molecule has 38 heavy (non-hydrogen) atoms. The number of carbonyl (C=O) groups is 1. The van der Waals surface area contributed by atoms with Crippen LogP contribution in [0.3, 0.4) is 0 Å². The van der Waals surface area contributed by atoms with Gasteiger partial charge in [-0.25, -0.2) is 13.4 Å². The van der Waals surface area contributed by atoms with E-state index in [1.807, 2.05) is 33.2 Å². The Kier molecular flexibility index (Phi) is 11.1. The van der Waals surface area contributed by atoms with E-state index in [1.165, 1.54) is 11.3 Å². The van der Waals surface area contributed by atoms with Crippen LogP contribution in [-0.4, -0.2) is 68.8 Å². The van der Waals surface area contributed by atoms with Gasteiger partial charge in [0, 0.05) is 30.2 Å². The van der Waals surface area contributed by atoms with E-state index in [0.717, 1.165) is 54.4 Å². The molecule has 0 aliphatic rings. The van der Waals surface area contributed by atoms with E-state index in [9.17, 15) is 13.2 Å². The van der Waals surface area contributed by atoms with Gasteiger partial charge in [-0.2, -0.15) is 4.31 Å². The Hall–Kier alpha value is -2.04. The highest BCUT2D eigenvalue weighted by Crippen LogP contribution is 2.34. The predicted molar refractivity (Wildman–Crippen MR) is 159 cm³/mol. The van der Waals surface area contributed by atoms with Gasteiger partial charge in [-0.1, -0.05) is 49.6 Å². The molecule has 0 unspecified atom stereocenters. The Labute approximate surface area is 236 Å². The highest BCUT2D eigenvalue weighted by molar-refractivity contribution is 7.89. The average molecular weight is 579 g/mol. The molecule has 0 bridgehead atoms. The second kappa shape index (κ2) is 13.8. The number of nitrogens with zero attached hydrogens (tertiary/aromatic N) is 4. The Balaban J connectivity index is 1.91. The third kappa shape index (κ3) is 7.54. The van der Waals surface area contributed by atoms with Crippen LogP contribution in [0.1, 0.15) is 61.9 Å². The van der Waals surface area contributed by atoms with E-state index in [4.69, 9.17) is 16.6 Å². The summed E-state index contributed by atoms with van der Waals surface area (Å²) in [5.74, 6) is -0.204. The van der Waals surface area contributed by atoms with Gasteiger partial charge in [0.25, 0.3) is 5.91 Å². The Morgan fingerprint density at radius 1 is 0.947 bits per heavy atom. The van der Waals surface area contributed by atoms with Crippen LogP contribution in [0.2, 0.25) is 5.02 Å². The highest BCUT2D eigenvalue weighted by atomic mass is 35.5. The molecule has 0 radical (unpaired) electrons. The lowest BCUT2D eigenvalue weighted by molar-refractivity contribution is 0.0986. The van der Waals surface area contributed by atoms with Crippen molar-refractivity contribution < 1.29 is 13.2 Å². The van der Waals surface area contributed by atoms with Gasteiger partial charge in [0.05, 0.1) is 15.1 Å². The van der Waals surface area contributed by atoms with E-state index >= 15 is 0 Å². The molecule has 10 heteroatoms. The fraction of sp³-hybridized carbons (Fsp3) is 0.500. The molecule has 1 heterocycles. The smallest absolute Gasteiger partial charge is 0.260 e. The van der Waals surface area contributed by atoms with Crippen LogP contribution in [0.15, 0.2) is 41.3 Å². The van der Waals surface area contributed by atoms with E-state index in [-0.39, 0.29) is 10.8 Å². The summed E-state index contributed by atoms with van der Waals surface area (Å²) in [5, 5.41) is 1.25. The number of anilines is 1. The number of halogens is 1. The fourth-order valence-electron chi connectivity index (χ4n) is 4.18. The molecule has 0 fully saturated rings. The van der Waals surface area contributed by atoms with Crippen molar-refractivity contribution in [2.24, 2.45) is 0 Å². The third-order valence-electron chi connectivity index (χ3n) is 6.36. The summed E-state index contributed by atoms with van der Waals surface area (Å²) < 4.78 is 29.2. The first-order valence-electron chi connectivity index (χ1n) is 13.2.